The second kappa shape index (κ2) is 2.56. The maximum Gasteiger partial charge on any atom is 0.359 e. The zero-order valence-electron chi connectivity index (χ0n) is 6.14. The van der Waals surface area contributed by atoms with Gasteiger partial charge in [0.2, 0.25) is 0 Å². The minimum absolute atomic E-state index is 0.339. The van der Waals surface area contributed by atoms with Gasteiger partial charge in [0.25, 0.3) is 0 Å². The molecule has 4 heteroatoms. The van der Waals surface area contributed by atoms with Gasteiger partial charge in [0, 0.05) is 6.54 Å². The number of ether oxygens (including phenoxy) is 1. The molecule has 0 bridgehead atoms. The Morgan fingerprint density at radius 2 is 2.50 bits per heavy atom. The van der Waals surface area contributed by atoms with Crippen molar-refractivity contribution in [1.29, 1.82) is 0 Å². The Labute approximate surface area is 59.5 Å². The molecule has 58 valence electrons. The summed E-state index contributed by atoms with van der Waals surface area (Å²) < 4.78 is 4.84. The molecule has 0 aromatic rings. The van der Waals surface area contributed by atoms with Crippen LogP contribution in [0.1, 0.15) is 13.8 Å². The van der Waals surface area contributed by atoms with Crippen molar-refractivity contribution in [3.05, 3.63) is 0 Å². The first kappa shape index (κ1) is 7.50. The van der Waals surface area contributed by atoms with Crippen molar-refractivity contribution in [1.82, 2.24) is 5.48 Å². The van der Waals surface area contributed by atoms with Crippen molar-refractivity contribution < 1.29 is 14.4 Å². The van der Waals surface area contributed by atoms with Gasteiger partial charge in [-0.3, -0.25) is 0 Å². The predicted octanol–water partition coefficient (Wildman–Crippen LogP) is -0.157. The normalized spacial score (nSPS) is 29.8. The Balaban J connectivity index is 2.22. The number of carbonyl (C=O) groups excluding carboxylic acids is 1. The molecule has 1 N–H and O–H groups in total. The Bertz CT molecular complexity index is 142. The van der Waals surface area contributed by atoms with E-state index < -0.39 is 5.60 Å². The lowest BCUT2D eigenvalue weighted by Crippen LogP contribution is -2.29. The van der Waals surface area contributed by atoms with Gasteiger partial charge in [0.15, 0.2) is 5.60 Å². The second-order valence-electron chi connectivity index (χ2n) is 2.41. The van der Waals surface area contributed by atoms with E-state index in [4.69, 9.17) is 4.74 Å². The Kier molecular flexibility index (Phi) is 1.92. The van der Waals surface area contributed by atoms with Crippen LogP contribution in [0.15, 0.2) is 0 Å². The summed E-state index contributed by atoms with van der Waals surface area (Å²) in [6.45, 7) is 4.63. The molecule has 0 aromatic carbocycles. The number of epoxide rings is 1. The molecule has 1 rings (SSSR count). The predicted molar refractivity (Wildman–Crippen MR) is 34.1 cm³/mol. The van der Waals surface area contributed by atoms with E-state index in [2.05, 4.69) is 10.3 Å². The molecular weight excluding hydrogens is 134 g/mol. The van der Waals surface area contributed by atoms with Crippen molar-refractivity contribution in [2.45, 2.75) is 19.4 Å². The quantitative estimate of drug-likeness (QED) is 0.443. The lowest BCUT2D eigenvalue weighted by Gasteiger charge is -2.04. The zero-order chi connectivity index (χ0) is 7.61. The van der Waals surface area contributed by atoms with Gasteiger partial charge in [0.05, 0.1) is 6.61 Å². The Morgan fingerprint density at radius 3 is 2.90 bits per heavy atom. The van der Waals surface area contributed by atoms with Crippen LogP contribution in [-0.2, 0) is 14.4 Å². The van der Waals surface area contributed by atoms with E-state index >= 15 is 0 Å². The average Bonchev–Trinajstić information content (AvgIpc) is 2.64. The van der Waals surface area contributed by atoms with E-state index in [0.717, 1.165) is 0 Å². The van der Waals surface area contributed by atoms with Gasteiger partial charge >= 0.3 is 5.97 Å². The highest BCUT2D eigenvalue weighted by molar-refractivity contribution is 5.81. The van der Waals surface area contributed by atoms with Gasteiger partial charge < -0.3 is 9.57 Å². The number of hydroxylamine groups is 1. The molecule has 1 heterocycles. The summed E-state index contributed by atoms with van der Waals surface area (Å²) in [6.07, 6.45) is 0. The molecule has 10 heavy (non-hydrogen) atoms. The number of hydrogen-bond acceptors (Lipinski definition) is 4. The van der Waals surface area contributed by atoms with Crippen molar-refractivity contribution in [2.75, 3.05) is 13.2 Å². The van der Waals surface area contributed by atoms with Crippen LogP contribution in [0.3, 0.4) is 0 Å². The van der Waals surface area contributed by atoms with Crippen LogP contribution in [0.25, 0.3) is 0 Å². The molecule has 0 spiro atoms. The van der Waals surface area contributed by atoms with E-state index in [1.54, 1.807) is 6.92 Å². The van der Waals surface area contributed by atoms with Gasteiger partial charge in [-0.15, -0.1) is 0 Å². The highest BCUT2D eigenvalue weighted by atomic mass is 16.7. The fraction of sp³-hybridized carbons (Fsp3) is 0.833. The van der Waals surface area contributed by atoms with Gasteiger partial charge in [-0.25, -0.2) is 4.79 Å². The number of hydrogen-bond donors (Lipinski definition) is 1. The molecule has 1 atom stereocenters. The third-order valence-corrected chi connectivity index (χ3v) is 1.32. The fourth-order valence-corrected chi connectivity index (χ4v) is 0.472. The minimum Gasteiger partial charge on any atom is -0.368 e. The Morgan fingerprint density at radius 1 is 1.90 bits per heavy atom. The minimum atomic E-state index is -0.665. The molecule has 0 aromatic heterocycles. The van der Waals surface area contributed by atoms with Crippen molar-refractivity contribution in [2.24, 2.45) is 0 Å². The first-order valence-electron chi connectivity index (χ1n) is 3.27. The lowest BCUT2D eigenvalue weighted by molar-refractivity contribution is -0.156. The summed E-state index contributed by atoms with van der Waals surface area (Å²) in [5.74, 6) is -0.339. The van der Waals surface area contributed by atoms with Gasteiger partial charge in [-0.1, -0.05) is 0 Å². The molecule has 0 saturated carbocycles. The largest absolute Gasteiger partial charge is 0.368 e. The fourth-order valence-electron chi connectivity index (χ4n) is 0.472. The molecule has 0 aliphatic carbocycles. The van der Waals surface area contributed by atoms with Crippen LogP contribution >= 0.6 is 0 Å². The third kappa shape index (κ3) is 1.46. The number of rotatable bonds is 3. The van der Waals surface area contributed by atoms with Gasteiger partial charge in [-0.05, 0) is 13.8 Å². The van der Waals surface area contributed by atoms with E-state index in [1.165, 1.54) is 0 Å². The summed E-state index contributed by atoms with van der Waals surface area (Å²) in [5, 5.41) is 0. The summed E-state index contributed by atoms with van der Waals surface area (Å²) in [5.41, 5.74) is 1.80. The molecule has 1 unspecified atom stereocenters. The van der Waals surface area contributed by atoms with E-state index in [9.17, 15) is 4.79 Å². The summed E-state index contributed by atoms with van der Waals surface area (Å²) in [7, 11) is 0. The van der Waals surface area contributed by atoms with Crippen LogP contribution in [0.5, 0.6) is 0 Å². The van der Waals surface area contributed by atoms with Crippen LogP contribution in [0.4, 0.5) is 0 Å². The van der Waals surface area contributed by atoms with Crippen LogP contribution in [0, 0.1) is 0 Å². The molecular formula is C6H11NO3. The third-order valence-electron chi connectivity index (χ3n) is 1.32. The first-order chi connectivity index (χ1) is 4.69. The highest BCUT2D eigenvalue weighted by Crippen LogP contribution is 2.26. The van der Waals surface area contributed by atoms with Crippen LogP contribution < -0.4 is 5.48 Å². The number of nitrogens with one attached hydrogen (secondary N) is 1. The van der Waals surface area contributed by atoms with Crippen LogP contribution in [0.2, 0.25) is 0 Å². The monoisotopic (exact) mass is 145 g/mol. The molecule has 1 fully saturated rings. The molecule has 1 saturated heterocycles. The second-order valence-corrected chi connectivity index (χ2v) is 2.41. The topological polar surface area (TPSA) is 50.9 Å². The maximum absolute atomic E-state index is 10.9. The molecule has 0 radical (unpaired) electrons. The zero-order valence-corrected chi connectivity index (χ0v) is 6.14. The summed E-state index contributed by atoms with van der Waals surface area (Å²) in [4.78, 5) is 15.5. The van der Waals surface area contributed by atoms with E-state index in [-0.39, 0.29) is 5.97 Å². The number of carbonyl (C=O) groups is 1. The average molecular weight is 145 g/mol. The molecule has 1 aliphatic rings. The lowest BCUT2D eigenvalue weighted by atomic mass is 10.2. The standard InChI is InChI=1S/C6H11NO3/c1-3-7-10-5(8)6(2)4-9-6/h7H,3-4H2,1-2H3. The summed E-state index contributed by atoms with van der Waals surface area (Å²) >= 11 is 0. The smallest absolute Gasteiger partial charge is 0.359 e. The maximum atomic E-state index is 10.9. The SMILES string of the molecule is CCNOC(=O)C1(C)CO1. The van der Waals surface area contributed by atoms with E-state index in [0.29, 0.717) is 13.2 Å². The highest BCUT2D eigenvalue weighted by Gasteiger charge is 2.49. The van der Waals surface area contributed by atoms with Crippen molar-refractivity contribution >= 4 is 5.97 Å². The molecule has 4 nitrogen and oxygen atoms in total. The van der Waals surface area contributed by atoms with E-state index in [1.807, 2.05) is 6.92 Å². The molecule has 0 amide bonds. The Hall–Kier alpha value is -0.610. The van der Waals surface area contributed by atoms with Gasteiger partial charge in [0.1, 0.15) is 0 Å². The van der Waals surface area contributed by atoms with Crippen LogP contribution in [-0.4, -0.2) is 24.7 Å². The molecule has 1 aliphatic heterocycles. The van der Waals surface area contributed by atoms with Crippen molar-refractivity contribution in [3.8, 4) is 0 Å². The van der Waals surface area contributed by atoms with Gasteiger partial charge in [-0.2, -0.15) is 5.48 Å². The summed E-state index contributed by atoms with van der Waals surface area (Å²) in [6, 6.07) is 0. The van der Waals surface area contributed by atoms with Crippen molar-refractivity contribution in [3.63, 3.8) is 0 Å². The first-order valence-corrected chi connectivity index (χ1v) is 3.27.